The molecule has 4 rings (SSSR count). The van der Waals surface area contributed by atoms with E-state index >= 15 is 0 Å². The number of unbranched alkanes of at least 4 members (excludes halogenated alkanes) is 2. The molecule has 1 aliphatic rings. The molecular formula is C23H24ClN5O4. The van der Waals surface area contributed by atoms with Crippen molar-refractivity contribution < 1.29 is 19.0 Å². The highest BCUT2D eigenvalue weighted by Gasteiger charge is 2.36. The minimum absolute atomic E-state index is 0.171. The zero-order valence-corrected chi connectivity index (χ0v) is 19.4. The highest BCUT2D eigenvalue weighted by atomic mass is 35.5. The molecule has 33 heavy (non-hydrogen) atoms. The second-order valence-electron chi connectivity index (χ2n) is 7.48. The number of pyridine rings is 1. The molecule has 0 saturated carbocycles. The minimum Gasteiger partial charge on any atom is -0.481 e. The molecule has 2 atom stereocenters. The molecule has 4 heterocycles. The summed E-state index contributed by atoms with van der Waals surface area (Å²) in [6, 6.07) is 5.34. The normalized spacial score (nSPS) is 17.6. The summed E-state index contributed by atoms with van der Waals surface area (Å²) in [4.78, 5) is 29.8. The lowest BCUT2D eigenvalue weighted by Gasteiger charge is -2.21. The van der Waals surface area contributed by atoms with Crippen molar-refractivity contribution in [1.82, 2.24) is 24.5 Å². The first kappa shape index (κ1) is 23.0. The fourth-order valence-corrected chi connectivity index (χ4v) is 3.81. The van der Waals surface area contributed by atoms with Crippen molar-refractivity contribution in [3.05, 3.63) is 29.2 Å². The summed E-state index contributed by atoms with van der Waals surface area (Å²) < 4.78 is 18.5. The maximum atomic E-state index is 11.7. The van der Waals surface area contributed by atoms with Crippen molar-refractivity contribution >= 4 is 28.7 Å². The van der Waals surface area contributed by atoms with Crippen LogP contribution in [0.5, 0.6) is 5.88 Å². The molecule has 172 valence electrons. The number of carbonyl (C=O) groups excluding carboxylic acids is 1. The molecule has 0 N–H and O–H groups in total. The third-order valence-corrected chi connectivity index (χ3v) is 5.36. The van der Waals surface area contributed by atoms with E-state index < -0.39 is 18.3 Å². The predicted molar refractivity (Wildman–Crippen MR) is 122 cm³/mol. The predicted octanol–water partition coefficient (Wildman–Crippen LogP) is 3.94. The highest BCUT2D eigenvalue weighted by Crippen LogP contribution is 2.36. The van der Waals surface area contributed by atoms with Crippen LogP contribution in [0.2, 0.25) is 5.15 Å². The molecule has 3 aromatic heterocycles. The number of fused-ring (bicyclic) bond motifs is 1. The van der Waals surface area contributed by atoms with Crippen molar-refractivity contribution in [3.63, 3.8) is 0 Å². The Labute approximate surface area is 196 Å². The Hall–Kier alpha value is -3.22. The van der Waals surface area contributed by atoms with E-state index in [-0.39, 0.29) is 11.0 Å². The van der Waals surface area contributed by atoms with Gasteiger partial charge in [0.25, 0.3) is 0 Å². The molecule has 1 aliphatic heterocycles. The second-order valence-corrected chi connectivity index (χ2v) is 7.84. The first-order valence-corrected chi connectivity index (χ1v) is 11.1. The molecule has 1 fully saturated rings. The quantitative estimate of drug-likeness (QED) is 0.231. The zero-order chi connectivity index (χ0) is 23.4. The summed E-state index contributed by atoms with van der Waals surface area (Å²) in [7, 11) is 1.54. The standard InChI is InChI=1S/C23H24ClN5O4/c1-4-5-6-7-10-17-26-20(24)19-22(27-17)29(23-16(12-13-32-23)33-14(2)30)21(28-19)15-9-8-11-18(25-15)31-3/h8-9,11,16,23H,4-6,12-13H2,1-3H3. The number of nitrogens with zero attached hydrogens (tertiary/aromatic N) is 5. The van der Waals surface area contributed by atoms with Crippen LogP contribution >= 0.6 is 11.6 Å². The molecule has 10 heteroatoms. The average Bonchev–Trinajstić information content (AvgIpc) is 3.40. The largest absolute Gasteiger partial charge is 0.481 e. The fourth-order valence-electron chi connectivity index (χ4n) is 3.60. The van der Waals surface area contributed by atoms with Gasteiger partial charge in [-0.2, -0.15) is 0 Å². The lowest BCUT2D eigenvalue weighted by Crippen LogP contribution is -2.25. The van der Waals surface area contributed by atoms with Crippen LogP contribution in [0.3, 0.4) is 0 Å². The van der Waals surface area contributed by atoms with Gasteiger partial charge in [0.05, 0.1) is 13.7 Å². The van der Waals surface area contributed by atoms with Crippen LogP contribution in [0, 0.1) is 11.8 Å². The molecule has 0 spiro atoms. The molecule has 9 nitrogen and oxygen atoms in total. The lowest BCUT2D eigenvalue weighted by molar-refractivity contribution is -0.151. The monoisotopic (exact) mass is 469 g/mol. The van der Waals surface area contributed by atoms with Gasteiger partial charge in [-0.25, -0.2) is 19.9 Å². The summed E-state index contributed by atoms with van der Waals surface area (Å²) in [6.07, 6.45) is 2.15. The van der Waals surface area contributed by atoms with Crippen LogP contribution in [-0.2, 0) is 14.3 Å². The van der Waals surface area contributed by atoms with Crippen LogP contribution in [0.25, 0.3) is 22.7 Å². The number of esters is 1. The van der Waals surface area contributed by atoms with Gasteiger partial charge in [0, 0.05) is 25.8 Å². The van der Waals surface area contributed by atoms with Crippen molar-refractivity contribution in [2.45, 2.75) is 51.9 Å². The number of imidazole rings is 1. The summed E-state index contributed by atoms with van der Waals surface area (Å²) in [5.41, 5.74) is 1.34. The maximum absolute atomic E-state index is 11.7. The molecule has 0 amide bonds. The third kappa shape index (κ3) is 4.92. The molecule has 1 saturated heterocycles. The van der Waals surface area contributed by atoms with Gasteiger partial charge < -0.3 is 14.2 Å². The Morgan fingerprint density at radius 2 is 2.15 bits per heavy atom. The number of carbonyl (C=O) groups is 1. The number of aromatic nitrogens is 5. The zero-order valence-electron chi connectivity index (χ0n) is 18.7. The fraction of sp³-hybridized carbons (Fsp3) is 0.435. The van der Waals surface area contributed by atoms with E-state index in [1.165, 1.54) is 14.0 Å². The van der Waals surface area contributed by atoms with Crippen molar-refractivity contribution in [2.24, 2.45) is 0 Å². The van der Waals surface area contributed by atoms with Crippen LogP contribution in [0.15, 0.2) is 18.2 Å². The Balaban J connectivity index is 1.90. The number of ether oxygens (including phenoxy) is 3. The molecule has 2 unspecified atom stereocenters. The van der Waals surface area contributed by atoms with Gasteiger partial charge >= 0.3 is 5.97 Å². The van der Waals surface area contributed by atoms with E-state index in [1.807, 2.05) is 6.07 Å². The van der Waals surface area contributed by atoms with E-state index in [1.54, 1.807) is 16.7 Å². The Morgan fingerprint density at radius 1 is 1.30 bits per heavy atom. The van der Waals surface area contributed by atoms with E-state index in [2.05, 4.69) is 38.7 Å². The van der Waals surface area contributed by atoms with Gasteiger partial charge in [-0.05, 0) is 18.4 Å². The van der Waals surface area contributed by atoms with Gasteiger partial charge in [0.15, 0.2) is 22.9 Å². The van der Waals surface area contributed by atoms with Gasteiger partial charge in [-0.3, -0.25) is 9.36 Å². The van der Waals surface area contributed by atoms with Crippen LogP contribution in [0.1, 0.15) is 51.6 Å². The molecule has 3 aromatic rings. The van der Waals surface area contributed by atoms with Gasteiger partial charge in [-0.15, -0.1) is 0 Å². The highest BCUT2D eigenvalue weighted by molar-refractivity contribution is 6.33. The van der Waals surface area contributed by atoms with Crippen LogP contribution < -0.4 is 4.74 Å². The maximum Gasteiger partial charge on any atom is 0.303 e. The van der Waals surface area contributed by atoms with Gasteiger partial charge in [0.2, 0.25) is 11.7 Å². The number of halogens is 1. The van der Waals surface area contributed by atoms with Crippen molar-refractivity contribution in [1.29, 1.82) is 0 Å². The molecule has 0 aliphatic carbocycles. The number of methoxy groups -OCH3 is 1. The lowest BCUT2D eigenvalue weighted by atomic mass is 10.2. The van der Waals surface area contributed by atoms with E-state index in [9.17, 15) is 4.79 Å². The topological polar surface area (TPSA) is 101 Å². The Morgan fingerprint density at radius 3 is 2.91 bits per heavy atom. The molecular weight excluding hydrogens is 446 g/mol. The molecule has 0 aromatic carbocycles. The van der Waals surface area contributed by atoms with E-state index in [0.29, 0.717) is 41.6 Å². The Kier molecular flexibility index (Phi) is 7.06. The number of rotatable bonds is 6. The van der Waals surface area contributed by atoms with Crippen LogP contribution in [-0.4, -0.2) is 50.3 Å². The number of hydrogen-bond acceptors (Lipinski definition) is 8. The van der Waals surface area contributed by atoms with Gasteiger partial charge in [-0.1, -0.05) is 36.9 Å². The summed E-state index contributed by atoms with van der Waals surface area (Å²) in [5, 5.41) is 0.171. The SMILES string of the molecule is CCCCC#Cc1nc(Cl)c2nc(-c3cccc(OC)n3)n(C3OCCC3OC(C)=O)c2n1. The van der Waals surface area contributed by atoms with Crippen molar-refractivity contribution in [3.8, 4) is 29.2 Å². The smallest absolute Gasteiger partial charge is 0.303 e. The first-order valence-electron chi connectivity index (χ1n) is 10.8. The van der Waals surface area contributed by atoms with Gasteiger partial charge in [0.1, 0.15) is 17.3 Å². The molecule has 0 bridgehead atoms. The van der Waals surface area contributed by atoms with Crippen LogP contribution in [0.4, 0.5) is 0 Å². The summed E-state index contributed by atoms with van der Waals surface area (Å²) >= 11 is 6.50. The minimum atomic E-state index is -0.659. The third-order valence-electron chi connectivity index (χ3n) is 5.10. The van der Waals surface area contributed by atoms with E-state index in [0.717, 1.165) is 19.3 Å². The first-order chi connectivity index (χ1) is 16.0. The average molecular weight is 470 g/mol. The van der Waals surface area contributed by atoms with Crippen molar-refractivity contribution in [2.75, 3.05) is 13.7 Å². The van der Waals surface area contributed by atoms with E-state index in [4.69, 9.17) is 25.8 Å². The molecule has 0 radical (unpaired) electrons. The number of hydrogen-bond donors (Lipinski definition) is 0. The second kappa shape index (κ2) is 10.1. The summed E-state index contributed by atoms with van der Waals surface area (Å²) in [6.45, 7) is 3.89. The Bertz CT molecular complexity index is 1230. The summed E-state index contributed by atoms with van der Waals surface area (Å²) in [5.74, 6) is 6.83.